The van der Waals surface area contributed by atoms with Crippen LogP contribution in [0, 0.1) is 23.5 Å². The Morgan fingerprint density at radius 2 is 1.55 bits per heavy atom. The fraction of sp³-hybridized carbons (Fsp3) is 0.400. The number of nitrogens with zero attached hydrogens (tertiary/aromatic N) is 5. The SMILES string of the molecule is Fc1cccnc1N1CC2CN(c3ncncc3F)CC2C1. The van der Waals surface area contributed by atoms with Gasteiger partial charge in [0.15, 0.2) is 23.3 Å². The average molecular weight is 303 g/mol. The minimum atomic E-state index is -0.393. The average Bonchev–Trinajstić information content (AvgIpc) is 3.06. The molecule has 0 saturated carbocycles. The second-order valence-electron chi connectivity index (χ2n) is 5.83. The molecule has 0 aliphatic carbocycles. The highest BCUT2D eigenvalue weighted by atomic mass is 19.1. The Kier molecular flexibility index (Phi) is 3.13. The monoisotopic (exact) mass is 303 g/mol. The molecule has 0 aromatic carbocycles. The number of anilines is 2. The first kappa shape index (κ1) is 13.4. The number of halogens is 2. The summed E-state index contributed by atoms with van der Waals surface area (Å²) in [5, 5.41) is 0. The van der Waals surface area contributed by atoms with E-state index in [0.29, 0.717) is 23.5 Å². The third-order valence-corrected chi connectivity index (χ3v) is 4.47. The van der Waals surface area contributed by atoms with Crippen molar-refractivity contribution in [1.82, 2.24) is 15.0 Å². The van der Waals surface area contributed by atoms with Crippen molar-refractivity contribution in [3.8, 4) is 0 Å². The molecule has 0 amide bonds. The van der Waals surface area contributed by atoms with E-state index in [1.807, 2.05) is 9.80 Å². The Hall–Kier alpha value is -2.31. The van der Waals surface area contributed by atoms with E-state index in [9.17, 15) is 8.78 Å². The minimum Gasteiger partial charge on any atom is -0.353 e. The summed E-state index contributed by atoms with van der Waals surface area (Å²) in [6.45, 7) is 2.93. The van der Waals surface area contributed by atoms with Crippen molar-refractivity contribution in [3.05, 3.63) is 42.5 Å². The molecule has 2 unspecified atom stereocenters. The summed E-state index contributed by atoms with van der Waals surface area (Å²) < 4.78 is 27.6. The predicted molar refractivity (Wildman–Crippen MR) is 77.6 cm³/mol. The highest BCUT2D eigenvalue weighted by molar-refractivity contribution is 5.45. The number of hydrogen-bond donors (Lipinski definition) is 0. The number of hydrogen-bond acceptors (Lipinski definition) is 5. The first-order chi connectivity index (χ1) is 10.7. The second kappa shape index (κ2) is 5.15. The van der Waals surface area contributed by atoms with Crippen LogP contribution in [0.1, 0.15) is 0 Å². The third-order valence-electron chi connectivity index (χ3n) is 4.47. The number of fused-ring (bicyclic) bond motifs is 1. The van der Waals surface area contributed by atoms with Crippen molar-refractivity contribution in [2.45, 2.75) is 0 Å². The third kappa shape index (κ3) is 2.17. The molecule has 7 heteroatoms. The van der Waals surface area contributed by atoms with E-state index in [0.717, 1.165) is 26.2 Å². The van der Waals surface area contributed by atoms with Crippen molar-refractivity contribution < 1.29 is 8.78 Å². The van der Waals surface area contributed by atoms with E-state index in [4.69, 9.17) is 0 Å². The second-order valence-corrected chi connectivity index (χ2v) is 5.83. The molecule has 0 bridgehead atoms. The molecular formula is C15H15F2N5. The molecule has 2 aromatic rings. The Morgan fingerprint density at radius 1 is 0.909 bits per heavy atom. The maximum Gasteiger partial charge on any atom is 0.183 e. The molecule has 2 atom stereocenters. The van der Waals surface area contributed by atoms with Gasteiger partial charge in [-0.3, -0.25) is 0 Å². The quantitative estimate of drug-likeness (QED) is 0.845. The molecule has 0 spiro atoms. The standard InChI is InChI=1S/C15H15F2N5/c16-12-2-1-3-19-14(12)21-5-10-7-22(8-11(10)6-21)15-13(17)4-18-9-20-15/h1-4,9-11H,5-8H2. The first-order valence-electron chi connectivity index (χ1n) is 7.28. The molecular weight excluding hydrogens is 288 g/mol. The van der Waals surface area contributed by atoms with E-state index >= 15 is 0 Å². The van der Waals surface area contributed by atoms with Crippen molar-refractivity contribution in [3.63, 3.8) is 0 Å². The van der Waals surface area contributed by atoms with Gasteiger partial charge in [0.05, 0.1) is 6.20 Å². The van der Waals surface area contributed by atoms with Crippen LogP contribution >= 0.6 is 0 Å². The zero-order valence-corrected chi connectivity index (χ0v) is 11.9. The lowest BCUT2D eigenvalue weighted by Gasteiger charge is -2.23. The number of aromatic nitrogens is 3. The van der Waals surface area contributed by atoms with Gasteiger partial charge in [0.2, 0.25) is 0 Å². The van der Waals surface area contributed by atoms with Gasteiger partial charge in [-0.05, 0) is 12.1 Å². The molecule has 2 aliphatic heterocycles. The van der Waals surface area contributed by atoms with Gasteiger partial charge in [-0.15, -0.1) is 0 Å². The molecule has 5 nitrogen and oxygen atoms in total. The van der Waals surface area contributed by atoms with Crippen LogP contribution in [-0.2, 0) is 0 Å². The van der Waals surface area contributed by atoms with Crippen LogP contribution in [0.2, 0.25) is 0 Å². The van der Waals surface area contributed by atoms with E-state index in [2.05, 4.69) is 15.0 Å². The van der Waals surface area contributed by atoms with Crippen LogP contribution < -0.4 is 9.80 Å². The largest absolute Gasteiger partial charge is 0.353 e. The summed E-state index contributed by atoms with van der Waals surface area (Å²) in [6, 6.07) is 3.02. The molecule has 2 aliphatic rings. The van der Waals surface area contributed by atoms with E-state index < -0.39 is 5.82 Å². The summed E-state index contributed by atoms with van der Waals surface area (Å²) in [7, 11) is 0. The molecule has 114 valence electrons. The van der Waals surface area contributed by atoms with Gasteiger partial charge in [-0.1, -0.05) is 0 Å². The summed E-state index contributed by atoms with van der Waals surface area (Å²) in [5.74, 6) is 0.833. The van der Waals surface area contributed by atoms with Crippen LogP contribution in [0.3, 0.4) is 0 Å². The Balaban J connectivity index is 1.49. The van der Waals surface area contributed by atoms with Crippen LogP contribution in [0.15, 0.2) is 30.9 Å². The van der Waals surface area contributed by atoms with Crippen LogP contribution in [0.4, 0.5) is 20.4 Å². The molecule has 4 heterocycles. The van der Waals surface area contributed by atoms with Crippen molar-refractivity contribution in [2.24, 2.45) is 11.8 Å². The maximum absolute atomic E-state index is 13.8. The minimum absolute atomic E-state index is 0.291. The molecule has 2 saturated heterocycles. The number of rotatable bonds is 2. The Morgan fingerprint density at radius 3 is 2.14 bits per heavy atom. The van der Waals surface area contributed by atoms with Gasteiger partial charge >= 0.3 is 0 Å². The lowest BCUT2D eigenvalue weighted by molar-refractivity contribution is 0.533. The number of pyridine rings is 1. The lowest BCUT2D eigenvalue weighted by atomic mass is 10.0. The van der Waals surface area contributed by atoms with Crippen LogP contribution in [0.5, 0.6) is 0 Å². The van der Waals surface area contributed by atoms with E-state index in [1.165, 1.54) is 18.6 Å². The molecule has 22 heavy (non-hydrogen) atoms. The van der Waals surface area contributed by atoms with Gasteiger partial charge in [0.25, 0.3) is 0 Å². The van der Waals surface area contributed by atoms with E-state index in [-0.39, 0.29) is 5.82 Å². The predicted octanol–water partition coefficient (Wildman–Crippen LogP) is 1.72. The summed E-state index contributed by atoms with van der Waals surface area (Å²) in [6.07, 6.45) is 4.16. The Bertz CT molecular complexity index is 624. The normalized spacial score (nSPS) is 23.9. The molecule has 4 rings (SSSR count). The van der Waals surface area contributed by atoms with E-state index in [1.54, 1.807) is 12.3 Å². The summed E-state index contributed by atoms with van der Waals surface area (Å²) in [4.78, 5) is 15.8. The fourth-order valence-corrected chi connectivity index (χ4v) is 3.49. The summed E-state index contributed by atoms with van der Waals surface area (Å²) >= 11 is 0. The van der Waals surface area contributed by atoms with Gasteiger partial charge in [0.1, 0.15) is 6.33 Å². The molecule has 2 aromatic heterocycles. The Labute approximate surface area is 126 Å². The molecule has 2 fully saturated rings. The fourth-order valence-electron chi connectivity index (χ4n) is 3.49. The maximum atomic E-state index is 13.8. The zero-order valence-electron chi connectivity index (χ0n) is 11.9. The van der Waals surface area contributed by atoms with Crippen molar-refractivity contribution in [1.29, 1.82) is 0 Å². The first-order valence-corrected chi connectivity index (χ1v) is 7.28. The molecule has 0 N–H and O–H groups in total. The topological polar surface area (TPSA) is 45.2 Å². The van der Waals surface area contributed by atoms with Gasteiger partial charge < -0.3 is 9.80 Å². The molecule has 0 radical (unpaired) electrons. The van der Waals surface area contributed by atoms with Crippen molar-refractivity contribution >= 4 is 11.6 Å². The smallest absolute Gasteiger partial charge is 0.183 e. The van der Waals surface area contributed by atoms with Crippen LogP contribution in [-0.4, -0.2) is 41.1 Å². The highest BCUT2D eigenvalue weighted by Crippen LogP contribution is 2.35. The van der Waals surface area contributed by atoms with Gasteiger partial charge in [-0.2, -0.15) is 0 Å². The van der Waals surface area contributed by atoms with Crippen molar-refractivity contribution in [2.75, 3.05) is 36.0 Å². The van der Waals surface area contributed by atoms with Gasteiger partial charge in [0, 0.05) is 44.2 Å². The zero-order chi connectivity index (χ0) is 15.1. The highest BCUT2D eigenvalue weighted by Gasteiger charge is 2.41. The summed E-state index contributed by atoms with van der Waals surface area (Å²) in [5.41, 5.74) is 0. The van der Waals surface area contributed by atoms with Gasteiger partial charge in [-0.25, -0.2) is 23.7 Å². The lowest BCUT2D eigenvalue weighted by Crippen LogP contribution is -2.30. The van der Waals surface area contributed by atoms with Crippen LogP contribution in [0.25, 0.3) is 0 Å².